The van der Waals surface area contributed by atoms with Crippen molar-refractivity contribution in [3.63, 3.8) is 0 Å². The summed E-state index contributed by atoms with van der Waals surface area (Å²) < 4.78 is 9.86. The fourth-order valence-electron chi connectivity index (χ4n) is 2.02. The van der Waals surface area contributed by atoms with E-state index in [1.54, 1.807) is 20.8 Å². The van der Waals surface area contributed by atoms with Crippen molar-refractivity contribution in [2.75, 3.05) is 7.11 Å². The summed E-state index contributed by atoms with van der Waals surface area (Å²) in [5, 5.41) is 0. The SMILES string of the molecule is COC(=O)[C@@H]1[C@H](C)CCC(=O)N1C(=O)OC(C)(C)C. The van der Waals surface area contributed by atoms with Crippen LogP contribution in [0.5, 0.6) is 0 Å². The van der Waals surface area contributed by atoms with E-state index < -0.39 is 29.6 Å². The quantitative estimate of drug-likeness (QED) is 0.679. The van der Waals surface area contributed by atoms with Crippen molar-refractivity contribution in [1.82, 2.24) is 4.90 Å². The van der Waals surface area contributed by atoms with E-state index in [2.05, 4.69) is 4.74 Å². The van der Waals surface area contributed by atoms with Crippen LogP contribution in [0.2, 0.25) is 0 Å². The van der Waals surface area contributed by atoms with Crippen LogP contribution in [0.1, 0.15) is 40.5 Å². The number of hydrogen-bond donors (Lipinski definition) is 0. The predicted molar refractivity (Wildman–Crippen MR) is 67.3 cm³/mol. The van der Waals surface area contributed by atoms with Gasteiger partial charge in [0.15, 0.2) is 0 Å². The second-order valence-electron chi connectivity index (χ2n) is 5.73. The summed E-state index contributed by atoms with van der Waals surface area (Å²) >= 11 is 0. The van der Waals surface area contributed by atoms with Gasteiger partial charge >= 0.3 is 12.1 Å². The maximum Gasteiger partial charge on any atom is 0.417 e. The van der Waals surface area contributed by atoms with Crippen molar-refractivity contribution in [2.45, 2.75) is 52.2 Å². The molecule has 0 spiro atoms. The summed E-state index contributed by atoms with van der Waals surface area (Å²) in [6.45, 7) is 6.92. The molecule has 1 heterocycles. The molecule has 0 aromatic rings. The maximum absolute atomic E-state index is 12.1. The van der Waals surface area contributed by atoms with Crippen molar-refractivity contribution < 1.29 is 23.9 Å². The smallest absolute Gasteiger partial charge is 0.417 e. The average Bonchev–Trinajstić information content (AvgIpc) is 2.28. The molecule has 0 unspecified atom stereocenters. The van der Waals surface area contributed by atoms with Gasteiger partial charge in [0.1, 0.15) is 11.6 Å². The Morgan fingerprint density at radius 3 is 2.37 bits per heavy atom. The number of ether oxygens (including phenoxy) is 2. The number of carbonyl (C=O) groups is 3. The molecule has 1 fully saturated rings. The number of nitrogens with zero attached hydrogens (tertiary/aromatic N) is 1. The zero-order valence-electron chi connectivity index (χ0n) is 12.1. The van der Waals surface area contributed by atoms with Gasteiger partial charge in [0.2, 0.25) is 5.91 Å². The van der Waals surface area contributed by atoms with Gasteiger partial charge < -0.3 is 9.47 Å². The Morgan fingerprint density at radius 2 is 1.89 bits per heavy atom. The van der Waals surface area contributed by atoms with Gasteiger partial charge in [0.25, 0.3) is 0 Å². The fourth-order valence-corrected chi connectivity index (χ4v) is 2.02. The molecule has 0 radical (unpaired) electrons. The van der Waals surface area contributed by atoms with Gasteiger partial charge in [-0.15, -0.1) is 0 Å². The van der Waals surface area contributed by atoms with Gasteiger partial charge in [-0.05, 0) is 33.1 Å². The topological polar surface area (TPSA) is 72.9 Å². The Labute approximate surface area is 113 Å². The lowest BCUT2D eigenvalue weighted by atomic mass is 9.90. The van der Waals surface area contributed by atoms with Crippen molar-refractivity contribution in [3.05, 3.63) is 0 Å². The third kappa shape index (κ3) is 3.68. The monoisotopic (exact) mass is 271 g/mol. The van der Waals surface area contributed by atoms with Crippen LogP contribution in [0.15, 0.2) is 0 Å². The van der Waals surface area contributed by atoms with Crippen LogP contribution < -0.4 is 0 Å². The molecular weight excluding hydrogens is 250 g/mol. The number of carbonyl (C=O) groups excluding carboxylic acids is 3. The number of esters is 1. The first-order valence-corrected chi connectivity index (χ1v) is 6.30. The summed E-state index contributed by atoms with van der Waals surface area (Å²) in [4.78, 5) is 36.7. The van der Waals surface area contributed by atoms with Crippen molar-refractivity contribution in [3.8, 4) is 0 Å². The molecule has 6 heteroatoms. The van der Waals surface area contributed by atoms with E-state index >= 15 is 0 Å². The van der Waals surface area contributed by atoms with E-state index in [1.807, 2.05) is 6.92 Å². The molecule has 108 valence electrons. The Hall–Kier alpha value is -1.59. The summed E-state index contributed by atoms with van der Waals surface area (Å²) in [6.07, 6.45) is -0.00864. The van der Waals surface area contributed by atoms with Crippen LogP contribution in [0, 0.1) is 5.92 Å². The minimum atomic E-state index is -0.902. The highest BCUT2D eigenvalue weighted by atomic mass is 16.6. The lowest BCUT2D eigenvalue weighted by Crippen LogP contribution is -2.56. The van der Waals surface area contributed by atoms with Crippen molar-refractivity contribution in [2.24, 2.45) is 5.92 Å². The summed E-state index contributed by atoms with van der Waals surface area (Å²) in [5.74, 6) is -1.13. The lowest BCUT2D eigenvalue weighted by Gasteiger charge is -2.36. The normalized spacial score (nSPS) is 24.1. The van der Waals surface area contributed by atoms with Gasteiger partial charge in [-0.2, -0.15) is 0 Å². The van der Waals surface area contributed by atoms with E-state index in [1.165, 1.54) is 7.11 Å². The van der Waals surface area contributed by atoms with E-state index in [0.29, 0.717) is 6.42 Å². The molecule has 19 heavy (non-hydrogen) atoms. The molecule has 1 aliphatic rings. The van der Waals surface area contributed by atoms with Crippen molar-refractivity contribution >= 4 is 18.0 Å². The third-order valence-electron chi connectivity index (χ3n) is 2.93. The standard InChI is InChI=1S/C13H21NO5/c1-8-6-7-9(15)14(10(8)11(16)18-5)12(17)19-13(2,3)4/h8,10H,6-7H2,1-5H3/t8-,10+/m1/s1. The highest BCUT2D eigenvalue weighted by Crippen LogP contribution is 2.27. The van der Waals surface area contributed by atoms with Crippen LogP contribution in [0.4, 0.5) is 4.79 Å². The minimum Gasteiger partial charge on any atom is -0.467 e. The van der Waals surface area contributed by atoms with Gasteiger partial charge in [-0.25, -0.2) is 14.5 Å². The summed E-state index contributed by atoms with van der Waals surface area (Å²) in [6, 6.07) is -0.902. The van der Waals surface area contributed by atoms with E-state index in [-0.39, 0.29) is 12.3 Å². The highest BCUT2D eigenvalue weighted by Gasteiger charge is 2.44. The van der Waals surface area contributed by atoms with Gasteiger partial charge in [0, 0.05) is 6.42 Å². The Morgan fingerprint density at radius 1 is 1.32 bits per heavy atom. The molecule has 0 aromatic heterocycles. The first-order chi connectivity index (χ1) is 8.67. The molecule has 0 saturated carbocycles. The molecule has 0 bridgehead atoms. The molecule has 0 aliphatic carbocycles. The fraction of sp³-hybridized carbons (Fsp3) is 0.769. The van der Waals surface area contributed by atoms with Gasteiger partial charge in [-0.3, -0.25) is 4.79 Å². The first-order valence-electron chi connectivity index (χ1n) is 6.30. The average molecular weight is 271 g/mol. The van der Waals surface area contributed by atoms with Crippen molar-refractivity contribution in [1.29, 1.82) is 0 Å². The van der Waals surface area contributed by atoms with E-state index in [0.717, 1.165) is 4.90 Å². The second kappa shape index (κ2) is 5.59. The van der Waals surface area contributed by atoms with Crippen LogP contribution in [-0.4, -0.2) is 41.6 Å². The molecule has 0 N–H and O–H groups in total. The Balaban J connectivity index is 2.99. The van der Waals surface area contributed by atoms with Crippen LogP contribution in [0.25, 0.3) is 0 Å². The summed E-state index contributed by atoms with van der Waals surface area (Å²) in [7, 11) is 1.24. The van der Waals surface area contributed by atoms with Crippen LogP contribution >= 0.6 is 0 Å². The number of hydrogen-bond acceptors (Lipinski definition) is 5. The maximum atomic E-state index is 12.1. The molecule has 1 rings (SSSR count). The minimum absolute atomic E-state index is 0.141. The second-order valence-corrected chi connectivity index (χ2v) is 5.73. The van der Waals surface area contributed by atoms with E-state index in [4.69, 9.17) is 4.74 Å². The third-order valence-corrected chi connectivity index (χ3v) is 2.93. The summed E-state index contributed by atoms with van der Waals surface area (Å²) in [5.41, 5.74) is -0.723. The van der Waals surface area contributed by atoms with E-state index in [9.17, 15) is 14.4 Å². The van der Waals surface area contributed by atoms with Crippen LogP contribution in [0.3, 0.4) is 0 Å². The number of imide groups is 1. The Bertz CT molecular complexity index is 385. The number of amides is 2. The van der Waals surface area contributed by atoms with Gasteiger partial charge in [-0.1, -0.05) is 6.92 Å². The number of piperidine rings is 1. The number of methoxy groups -OCH3 is 1. The zero-order valence-corrected chi connectivity index (χ0v) is 12.1. The van der Waals surface area contributed by atoms with Crippen LogP contribution in [-0.2, 0) is 19.1 Å². The predicted octanol–water partition coefficient (Wildman–Crippen LogP) is 1.72. The number of likely N-dealkylation sites (tertiary alicyclic amines) is 1. The molecule has 2 amide bonds. The molecule has 2 atom stereocenters. The number of rotatable bonds is 1. The molecule has 1 saturated heterocycles. The Kier molecular flexibility index (Phi) is 4.55. The highest BCUT2D eigenvalue weighted by molar-refractivity contribution is 5.98. The zero-order chi connectivity index (χ0) is 14.8. The molecule has 6 nitrogen and oxygen atoms in total. The molecule has 0 aromatic carbocycles. The van der Waals surface area contributed by atoms with Gasteiger partial charge in [0.05, 0.1) is 7.11 Å². The molecular formula is C13H21NO5. The largest absolute Gasteiger partial charge is 0.467 e. The molecule has 1 aliphatic heterocycles. The first kappa shape index (κ1) is 15.5. The lowest BCUT2D eigenvalue weighted by molar-refractivity contribution is -0.157.